The first-order valence-corrected chi connectivity index (χ1v) is 6.45. The molecule has 0 amide bonds. The molecule has 0 heterocycles. The summed E-state index contributed by atoms with van der Waals surface area (Å²) in [6.07, 6.45) is 0.685. The molecule has 0 bridgehead atoms. The summed E-state index contributed by atoms with van der Waals surface area (Å²) in [5.74, 6) is -0.182. The number of para-hydroxylation sites is 1. The van der Waals surface area contributed by atoms with Gasteiger partial charge in [-0.25, -0.2) is 0 Å². The average Bonchev–Trinajstić information content (AvgIpc) is 2.46. The predicted molar refractivity (Wildman–Crippen MR) is 76.6 cm³/mol. The van der Waals surface area contributed by atoms with Gasteiger partial charge in [0, 0.05) is 6.07 Å². The molecule has 0 saturated heterocycles. The van der Waals surface area contributed by atoms with Crippen LogP contribution < -0.4 is 10.5 Å². The van der Waals surface area contributed by atoms with Gasteiger partial charge in [-0.15, -0.1) is 0 Å². The standard InChI is InChI=1S/C15H15FN2O3/c16-13-9-11(5-6-14(13)18(19)20)10-21-15-4-2-1-3-12(15)7-8-17/h1-6,9H,7-8,10,17H2. The van der Waals surface area contributed by atoms with Crippen LogP contribution in [0.1, 0.15) is 11.1 Å². The smallest absolute Gasteiger partial charge is 0.304 e. The first kappa shape index (κ1) is 14.9. The number of hydrogen-bond acceptors (Lipinski definition) is 4. The molecule has 2 rings (SSSR count). The van der Waals surface area contributed by atoms with Gasteiger partial charge in [-0.05, 0) is 42.3 Å². The van der Waals surface area contributed by atoms with Crippen LogP contribution in [0.15, 0.2) is 42.5 Å². The summed E-state index contributed by atoms with van der Waals surface area (Å²) < 4.78 is 19.2. The number of rotatable bonds is 6. The van der Waals surface area contributed by atoms with Crippen molar-refractivity contribution in [1.29, 1.82) is 0 Å². The molecule has 0 radical (unpaired) electrons. The van der Waals surface area contributed by atoms with E-state index in [9.17, 15) is 14.5 Å². The molecule has 0 atom stereocenters. The van der Waals surface area contributed by atoms with Gasteiger partial charge < -0.3 is 10.5 Å². The summed E-state index contributed by atoms with van der Waals surface area (Å²) in [4.78, 5) is 9.80. The SMILES string of the molecule is NCCc1ccccc1OCc1ccc([N+](=O)[O-])c(F)c1. The zero-order valence-electron chi connectivity index (χ0n) is 11.3. The summed E-state index contributed by atoms with van der Waals surface area (Å²) in [5, 5.41) is 10.6. The van der Waals surface area contributed by atoms with Crippen molar-refractivity contribution >= 4 is 5.69 Å². The molecule has 6 heteroatoms. The lowest BCUT2D eigenvalue weighted by atomic mass is 10.1. The largest absolute Gasteiger partial charge is 0.489 e. The number of ether oxygens (including phenoxy) is 1. The number of hydrogen-bond donors (Lipinski definition) is 1. The topological polar surface area (TPSA) is 78.4 Å². The van der Waals surface area contributed by atoms with Gasteiger partial charge >= 0.3 is 5.69 Å². The van der Waals surface area contributed by atoms with E-state index < -0.39 is 16.4 Å². The molecule has 0 unspecified atom stereocenters. The highest BCUT2D eigenvalue weighted by Crippen LogP contribution is 2.22. The van der Waals surface area contributed by atoms with Gasteiger partial charge in [0.2, 0.25) is 5.82 Å². The van der Waals surface area contributed by atoms with Gasteiger partial charge in [0.25, 0.3) is 0 Å². The molecule has 0 aromatic heterocycles. The maximum absolute atomic E-state index is 13.5. The van der Waals surface area contributed by atoms with Crippen LogP contribution in [0.2, 0.25) is 0 Å². The van der Waals surface area contributed by atoms with E-state index >= 15 is 0 Å². The van der Waals surface area contributed by atoms with Gasteiger partial charge in [-0.3, -0.25) is 10.1 Å². The Morgan fingerprint density at radius 2 is 2.00 bits per heavy atom. The summed E-state index contributed by atoms with van der Waals surface area (Å²) in [6.45, 7) is 0.642. The van der Waals surface area contributed by atoms with Crippen molar-refractivity contribution in [3.8, 4) is 5.75 Å². The molecule has 0 aliphatic rings. The summed E-state index contributed by atoms with van der Waals surface area (Å²) in [6, 6.07) is 11.2. The van der Waals surface area contributed by atoms with Crippen molar-refractivity contribution in [3.05, 3.63) is 69.5 Å². The van der Waals surface area contributed by atoms with Crippen molar-refractivity contribution in [2.75, 3.05) is 6.54 Å². The quantitative estimate of drug-likeness (QED) is 0.655. The second-order valence-corrected chi connectivity index (χ2v) is 4.48. The van der Waals surface area contributed by atoms with Crippen molar-refractivity contribution in [2.24, 2.45) is 5.73 Å². The van der Waals surface area contributed by atoms with E-state index in [-0.39, 0.29) is 6.61 Å². The second kappa shape index (κ2) is 6.81. The summed E-state index contributed by atoms with van der Waals surface area (Å²) >= 11 is 0. The second-order valence-electron chi connectivity index (χ2n) is 4.48. The van der Waals surface area contributed by atoms with Crippen LogP contribution in [0.4, 0.5) is 10.1 Å². The highest BCUT2D eigenvalue weighted by molar-refractivity contribution is 5.36. The van der Waals surface area contributed by atoms with Crippen LogP contribution in [0.25, 0.3) is 0 Å². The molecule has 21 heavy (non-hydrogen) atoms. The van der Waals surface area contributed by atoms with Gasteiger partial charge in [-0.2, -0.15) is 4.39 Å². The van der Waals surface area contributed by atoms with E-state index in [2.05, 4.69) is 0 Å². The van der Waals surface area contributed by atoms with Crippen LogP contribution in [0.3, 0.4) is 0 Å². The van der Waals surface area contributed by atoms with Crippen LogP contribution in [-0.2, 0) is 13.0 Å². The van der Waals surface area contributed by atoms with E-state index in [0.717, 1.165) is 17.7 Å². The minimum absolute atomic E-state index is 0.135. The molecule has 0 aliphatic heterocycles. The fourth-order valence-electron chi connectivity index (χ4n) is 1.96. The Morgan fingerprint density at radius 1 is 1.24 bits per heavy atom. The first-order valence-electron chi connectivity index (χ1n) is 6.45. The Balaban J connectivity index is 2.10. The molecule has 0 spiro atoms. The highest BCUT2D eigenvalue weighted by Gasteiger charge is 2.14. The third kappa shape index (κ3) is 3.76. The van der Waals surface area contributed by atoms with Crippen LogP contribution >= 0.6 is 0 Å². The molecule has 5 nitrogen and oxygen atoms in total. The van der Waals surface area contributed by atoms with Gasteiger partial charge in [0.05, 0.1) is 4.92 Å². The lowest BCUT2D eigenvalue weighted by Gasteiger charge is -2.11. The Morgan fingerprint density at radius 3 is 2.67 bits per heavy atom. The minimum Gasteiger partial charge on any atom is -0.489 e. The highest BCUT2D eigenvalue weighted by atomic mass is 19.1. The minimum atomic E-state index is -0.864. The molecular weight excluding hydrogens is 275 g/mol. The zero-order valence-corrected chi connectivity index (χ0v) is 11.3. The number of nitrogens with two attached hydrogens (primary N) is 1. The Labute approximate surface area is 121 Å². The van der Waals surface area contributed by atoms with Crippen molar-refractivity contribution in [3.63, 3.8) is 0 Å². The van der Waals surface area contributed by atoms with Crippen molar-refractivity contribution in [2.45, 2.75) is 13.0 Å². The summed E-state index contributed by atoms with van der Waals surface area (Å²) in [5.41, 5.74) is 6.50. The monoisotopic (exact) mass is 290 g/mol. The molecule has 2 N–H and O–H groups in total. The van der Waals surface area contributed by atoms with E-state index in [1.807, 2.05) is 24.3 Å². The molecule has 2 aromatic rings. The molecule has 110 valence electrons. The van der Waals surface area contributed by atoms with E-state index in [4.69, 9.17) is 10.5 Å². The summed E-state index contributed by atoms with van der Waals surface area (Å²) in [7, 11) is 0. The molecular formula is C15H15FN2O3. The van der Waals surface area contributed by atoms with E-state index in [1.165, 1.54) is 6.07 Å². The van der Waals surface area contributed by atoms with Crippen LogP contribution in [-0.4, -0.2) is 11.5 Å². The average molecular weight is 290 g/mol. The predicted octanol–water partition coefficient (Wildman–Crippen LogP) is 2.81. The zero-order chi connectivity index (χ0) is 15.2. The van der Waals surface area contributed by atoms with Crippen molar-refractivity contribution < 1.29 is 14.1 Å². The Kier molecular flexibility index (Phi) is 4.84. The molecule has 2 aromatic carbocycles. The Hall–Kier alpha value is -2.47. The van der Waals surface area contributed by atoms with E-state index in [1.54, 1.807) is 0 Å². The number of benzene rings is 2. The third-order valence-electron chi connectivity index (χ3n) is 2.99. The van der Waals surface area contributed by atoms with Crippen LogP contribution in [0.5, 0.6) is 5.75 Å². The van der Waals surface area contributed by atoms with Crippen molar-refractivity contribution in [1.82, 2.24) is 0 Å². The lowest BCUT2D eigenvalue weighted by molar-refractivity contribution is -0.387. The number of nitro benzene ring substituents is 1. The van der Waals surface area contributed by atoms with Gasteiger partial charge in [0.1, 0.15) is 12.4 Å². The molecule has 0 saturated carbocycles. The van der Waals surface area contributed by atoms with Gasteiger partial charge in [-0.1, -0.05) is 18.2 Å². The molecule has 0 aliphatic carbocycles. The third-order valence-corrected chi connectivity index (χ3v) is 2.99. The maximum Gasteiger partial charge on any atom is 0.304 e. The first-order chi connectivity index (χ1) is 10.1. The maximum atomic E-state index is 13.5. The fourth-order valence-corrected chi connectivity index (χ4v) is 1.96. The number of halogens is 1. The molecule has 0 fully saturated rings. The van der Waals surface area contributed by atoms with Gasteiger partial charge in [0.15, 0.2) is 0 Å². The Bertz CT molecular complexity index is 647. The number of nitro groups is 1. The lowest BCUT2D eigenvalue weighted by Crippen LogP contribution is -2.05. The van der Waals surface area contributed by atoms with E-state index in [0.29, 0.717) is 24.3 Å². The fraction of sp³-hybridized carbons (Fsp3) is 0.200. The van der Waals surface area contributed by atoms with Crippen LogP contribution in [0, 0.1) is 15.9 Å². The number of nitrogens with zero attached hydrogens (tertiary/aromatic N) is 1. The normalized spacial score (nSPS) is 10.4.